The van der Waals surface area contributed by atoms with E-state index < -0.39 is 5.54 Å². The summed E-state index contributed by atoms with van der Waals surface area (Å²) < 4.78 is 10.7. The maximum atomic E-state index is 12.3. The Hall–Kier alpha value is -1.14. The molecule has 0 radical (unpaired) electrons. The second-order valence-corrected chi connectivity index (χ2v) is 5.36. The molecule has 0 spiro atoms. The number of carbonyl (C=O) groups is 1. The van der Waals surface area contributed by atoms with Crippen LogP contribution in [0.2, 0.25) is 0 Å². The first-order valence-corrected chi connectivity index (χ1v) is 7.45. The highest BCUT2D eigenvalue weighted by atomic mass is 35.5. The highest BCUT2D eigenvalue weighted by molar-refractivity contribution is 5.86. The van der Waals surface area contributed by atoms with Crippen LogP contribution in [0.3, 0.4) is 0 Å². The number of nitrogens with two attached hydrogens (primary N) is 1. The molecule has 1 aliphatic rings. The van der Waals surface area contributed by atoms with Crippen molar-refractivity contribution in [2.24, 2.45) is 5.73 Å². The number of carbonyl (C=O) groups excluding carboxylic acids is 1. The van der Waals surface area contributed by atoms with Crippen LogP contribution < -0.4 is 11.1 Å². The summed E-state index contributed by atoms with van der Waals surface area (Å²) in [6, 6.07) is 7.96. The highest BCUT2D eigenvalue weighted by Crippen LogP contribution is 2.18. The molecule has 124 valence electrons. The molecule has 0 saturated carbocycles. The summed E-state index contributed by atoms with van der Waals surface area (Å²) >= 11 is 0. The molecule has 5 nitrogen and oxygen atoms in total. The summed E-state index contributed by atoms with van der Waals surface area (Å²) in [4.78, 5) is 12.3. The lowest BCUT2D eigenvalue weighted by atomic mass is 9.90. The molecule has 1 heterocycles. The summed E-state index contributed by atoms with van der Waals surface area (Å²) in [7, 11) is 0. The minimum absolute atomic E-state index is 0. The van der Waals surface area contributed by atoms with E-state index in [1.165, 1.54) is 0 Å². The van der Waals surface area contributed by atoms with Crippen LogP contribution in [0, 0.1) is 0 Å². The van der Waals surface area contributed by atoms with Crippen molar-refractivity contribution in [2.75, 3.05) is 19.8 Å². The van der Waals surface area contributed by atoms with E-state index in [0.29, 0.717) is 45.8 Å². The van der Waals surface area contributed by atoms with Crippen molar-refractivity contribution < 1.29 is 14.3 Å². The molecule has 1 aromatic carbocycles. The molecule has 0 aliphatic carbocycles. The van der Waals surface area contributed by atoms with Crippen LogP contribution in [-0.2, 0) is 27.4 Å². The molecule has 1 aliphatic heterocycles. The lowest BCUT2D eigenvalue weighted by molar-refractivity contribution is -0.129. The van der Waals surface area contributed by atoms with E-state index in [1.54, 1.807) is 0 Å². The third-order valence-electron chi connectivity index (χ3n) is 3.86. The van der Waals surface area contributed by atoms with Crippen molar-refractivity contribution >= 4 is 18.3 Å². The molecule has 1 saturated heterocycles. The third-order valence-corrected chi connectivity index (χ3v) is 3.86. The van der Waals surface area contributed by atoms with Crippen LogP contribution >= 0.6 is 12.4 Å². The Morgan fingerprint density at radius 2 is 1.95 bits per heavy atom. The van der Waals surface area contributed by atoms with Crippen molar-refractivity contribution in [3.8, 4) is 0 Å². The summed E-state index contributed by atoms with van der Waals surface area (Å²) in [6.45, 7) is 4.77. The lowest BCUT2D eigenvalue weighted by Gasteiger charge is -2.31. The molecule has 22 heavy (non-hydrogen) atoms. The van der Waals surface area contributed by atoms with Gasteiger partial charge in [0.25, 0.3) is 0 Å². The van der Waals surface area contributed by atoms with E-state index in [0.717, 1.165) is 11.1 Å². The van der Waals surface area contributed by atoms with E-state index >= 15 is 0 Å². The van der Waals surface area contributed by atoms with Gasteiger partial charge in [-0.3, -0.25) is 4.79 Å². The molecule has 1 amide bonds. The lowest BCUT2D eigenvalue weighted by Crippen LogP contribution is -2.56. The predicted octanol–water partition coefficient (Wildman–Crippen LogP) is 1.77. The molecule has 2 rings (SSSR count). The van der Waals surface area contributed by atoms with Crippen LogP contribution in [0.25, 0.3) is 0 Å². The second-order valence-electron chi connectivity index (χ2n) is 5.36. The van der Waals surface area contributed by atoms with Crippen LogP contribution in [0.15, 0.2) is 24.3 Å². The van der Waals surface area contributed by atoms with Gasteiger partial charge in [-0.25, -0.2) is 0 Å². The van der Waals surface area contributed by atoms with Crippen LogP contribution in [0.1, 0.15) is 30.9 Å². The third kappa shape index (κ3) is 4.95. The average molecular weight is 329 g/mol. The second kappa shape index (κ2) is 9.10. The number of amides is 1. The molecule has 0 atom stereocenters. The van der Waals surface area contributed by atoms with Gasteiger partial charge in [-0.2, -0.15) is 0 Å². The van der Waals surface area contributed by atoms with Gasteiger partial charge in [-0.15, -0.1) is 12.4 Å². The largest absolute Gasteiger partial charge is 0.381 e. The van der Waals surface area contributed by atoms with Crippen molar-refractivity contribution in [1.82, 2.24) is 5.32 Å². The maximum absolute atomic E-state index is 12.3. The molecule has 0 unspecified atom stereocenters. The van der Waals surface area contributed by atoms with E-state index in [2.05, 4.69) is 5.32 Å². The number of hydrogen-bond acceptors (Lipinski definition) is 4. The van der Waals surface area contributed by atoms with Gasteiger partial charge in [0.1, 0.15) is 0 Å². The number of hydrogen-bond donors (Lipinski definition) is 2. The molecule has 6 heteroatoms. The zero-order valence-corrected chi connectivity index (χ0v) is 13.8. The van der Waals surface area contributed by atoms with Gasteiger partial charge in [0, 0.05) is 26.4 Å². The highest BCUT2D eigenvalue weighted by Gasteiger charge is 2.35. The molecule has 0 bridgehead atoms. The number of nitrogens with one attached hydrogen (secondary N) is 1. The molecule has 1 fully saturated rings. The first-order chi connectivity index (χ1) is 10.2. The smallest absolute Gasteiger partial charge is 0.240 e. The van der Waals surface area contributed by atoms with E-state index in [4.69, 9.17) is 15.2 Å². The molecule has 1 aromatic rings. The first-order valence-electron chi connectivity index (χ1n) is 7.45. The van der Waals surface area contributed by atoms with Gasteiger partial charge in [-0.05, 0) is 30.9 Å². The first kappa shape index (κ1) is 18.9. The van der Waals surface area contributed by atoms with Gasteiger partial charge in [0.2, 0.25) is 5.91 Å². The van der Waals surface area contributed by atoms with Crippen LogP contribution in [0.5, 0.6) is 0 Å². The fourth-order valence-corrected chi connectivity index (χ4v) is 2.40. The van der Waals surface area contributed by atoms with Gasteiger partial charge < -0.3 is 20.5 Å². The van der Waals surface area contributed by atoms with E-state index in [1.807, 2.05) is 31.2 Å². The number of ether oxygens (including phenoxy) is 2. The van der Waals surface area contributed by atoms with Crippen molar-refractivity contribution in [3.05, 3.63) is 35.4 Å². The number of benzene rings is 1. The normalized spacial score (nSPS) is 16.6. The van der Waals surface area contributed by atoms with Crippen molar-refractivity contribution in [1.29, 1.82) is 0 Å². The SMILES string of the molecule is CCOCc1ccccc1CNC(=O)C1(N)CCOCC1.Cl. The topological polar surface area (TPSA) is 73.6 Å². The average Bonchev–Trinajstić information content (AvgIpc) is 2.52. The van der Waals surface area contributed by atoms with Gasteiger partial charge in [-0.1, -0.05) is 24.3 Å². The predicted molar refractivity (Wildman–Crippen MR) is 87.8 cm³/mol. The molecule has 3 N–H and O–H groups in total. The van der Waals surface area contributed by atoms with Crippen molar-refractivity contribution in [3.63, 3.8) is 0 Å². The van der Waals surface area contributed by atoms with E-state index in [9.17, 15) is 4.79 Å². The minimum Gasteiger partial charge on any atom is -0.381 e. The molecule has 0 aromatic heterocycles. The van der Waals surface area contributed by atoms with Gasteiger partial charge in [0.05, 0.1) is 12.1 Å². The molecular weight excluding hydrogens is 304 g/mol. The Balaban J connectivity index is 0.00000242. The Bertz CT molecular complexity index is 476. The Labute approximate surface area is 138 Å². The molecular formula is C16H25ClN2O3. The number of halogens is 1. The summed E-state index contributed by atoms with van der Waals surface area (Å²) in [6.07, 6.45) is 1.14. The van der Waals surface area contributed by atoms with Crippen LogP contribution in [0.4, 0.5) is 0 Å². The zero-order chi connectivity index (χ0) is 15.1. The zero-order valence-electron chi connectivity index (χ0n) is 13.0. The fraction of sp³-hybridized carbons (Fsp3) is 0.562. The Morgan fingerprint density at radius 3 is 2.59 bits per heavy atom. The quantitative estimate of drug-likeness (QED) is 0.834. The maximum Gasteiger partial charge on any atom is 0.240 e. The standard InChI is InChI=1S/C16H24N2O3.ClH/c1-2-20-12-14-6-4-3-5-13(14)11-18-15(19)16(17)7-9-21-10-8-16;/h3-6H,2,7-12,17H2,1H3,(H,18,19);1H. The number of rotatable bonds is 6. The van der Waals surface area contributed by atoms with Crippen LogP contribution in [-0.4, -0.2) is 31.3 Å². The van der Waals surface area contributed by atoms with E-state index in [-0.39, 0.29) is 18.3 Å². The fourth-order valence-electron chi connectivity index (χ4n) is 2.40. The van der Waals surface area contributed by atoms with Crippen molar-refractivity contribution in [2.45, 2.75) is 38.5 Å². The van der Waals surface area contributed by atoms with Gasteiger partial charge in [0.15, 0.2) is 0 Å². The Kier molecular flexibility index (Phi) is 7.82. The monoisotopic (exact) mass is 328 g/mol. The Morgan fingerprint density at radius 1 is 1.32 bits per heavy atom. The summed E-state index contributed by atoms with van der Waals surface area (Å²) in [5.74, 6) is -0.1000. The minimum atomic E-state index is -0.798. The summed E-state index contributed by atoms with van der Waals surface area (Å²) in [5, 5.41) is 2.95. The summed E-state index contributed by atoms with van der Waals surface area (Å²) in [5.41, 5.74) is 7.53. The van der Waals surface area contributed by atoms with Gasteiger partial charge >= 0.3 is 0 Å².